The van der Waals surface area contributed by atoms with Crippen LogP contribution in [0.5, 0.6) is 0 Å². The van der Waals surface area contributed by atoms with Crippen molar-refractivity contribution in [2.45, 2.75) is 71.1 Å². The first-order valence-corrected chi connectivity index (χ1v) is 8.14. The number of nitrogens with zero attached hydrogens (tertiary/aromatic N) is 3. The van der Waals surface area contributed by atoms with E-state index < -0.39 is 5.60 Å². The van der Waals surface area contributed by atoms with Gasteiger partial charge in [0.1, 0.15) is 12.4 Å². The summed E-state index contributed by atoms with van der Waals surface area (Å²) < 4.78 is 2.90. The number of aliphatic hydroxyl groups is 1. The van der Waals surface area contributed by atoms with Crippen LogP contribution in [0.4, 0.5) is 0 Å². The Kier molecular flexibility index (Phi) is 5.39. The first-order valence-electron chi connectivity index (χ1n) is 8.14. The van der Waals surface area contributed by atoms with E-state index in [1.54, 1.807) is 4.57 Å². The van der Waals surface area contributed by atoms with E-state index in [4.69, 9.17) is 0 Å². The number of hydrogen-bond donors (Lipinski definition) is 2. The van der Waals surface area contributed by atoms with Crippen molar-refractivity contribution in [1.29, 1.82) is 0 Å². The molecule has 1 aromatic rings. The van der Waals surface area contributed by atoms with Gasteiger partial charge in [-0.25, -0.2) is 9.48 Å². The average Bonchev–Trinajstić information content (AvgIpc) is 2.70. The molecular weight excluding hydrogens is 284 g/mol. The number of amides is 1. The predicted octanol–water partition coefficient (Wildman–Crippen LogP) is 0.438. The Hall–Kier alpha value is -1.63. The second-order valence-electron chi connectivity index (χ2n) is 6.03. The molecule has 0 spiro atoms. The maximum Gasteiger partial charge on any atom is 0.346 e. The molecule has 1 aliphatic heterocycles. The molecule has 0 saturated heterocycles. The van der Waals surface area contributed by atoms with Crippen LogP contribution < -0.4 is 11.0 Å². The normalized spacial score (nSPS) is 15.2. The molecule has 1 aliphatic rings. The second kappa shape index (κ2) is 7.09. The van der Waals surface area contributed by atoms with Crippen molar-refractivity contribution in [3.63, 3.8) is 0 Å². The molecule has 1 aromatic heterocycles. The third-order valence-corrected chi connectivity index (χ3v) is 4.51. The zero-order chi connectivity index (χ0) is 16.2. The van der Waals surface area contributed by atoms with Crippen LogP contribution in [-0.2, 0) is 24.3 Å². The van der Waals surface area contributed by atoms with E-state index in [1.165, 1.54) is 4.68 Å². The Morgan fingerprint density at radius 1 is 1.32 bits per heavy atom. The van der Waals surface area contributed by atoms with Crippen LogP contribution in [-0.4, -0.2) is 37.5 Å². The highest BCUT2D eigenvalue weighted by molar-refractivity contribution is 5.75. The molecule has 2 rings (SSSR count). The van der Waals surface area contributed by atoms with E-state index >= 15 is 0 Å². The number of nitrogens with one attached hydrogen (secondary N) is 1. The van der Waals surface area contributed by atoms with E-state index in [0.717, 1.165) is 31.5 Å². The molecular formula is C15H26N4O3. The standard InChI is InChI=1S/C15H26N4O3/c1-3-15(22,4-2)11-16-13(20)10-19-14(21)18-9-7-5-6-8-12(18)17-19/h22H,3-11H2,1-2H3,(H,16,20). The largest absolute Gasteiger partial charge is 0.388 e. The monoisotopic (exact) mass is 310 g/mol. The molecule has 0 aliphatic carbocycles. The molecule has 22 heavy (non-hydrogen) atoms. The Balaban J connectivity index is 1.99. The van der Waals surface area contributed by atoms with Gasteiger partial charge < -0.3 is 10.4 Å². The summed E-state index contributed by atoms with van der Waals surface area (Å²) in [5, 5.41) is 17.1. The fraction of sp³-hybridized carbons (Fsp3) is 0.800. The first-order chi connectivity index (χ1) is 10.5. The maximum absolute atomic E-state index is 12.2. The van der Waals surface area contributed by atoms with Crippen LogP contribution in [0.15, 0.2) is 4.79 Å². The fourth-order valence-electron chi connectivity index (χ4n) is 2.68. The zero-order valence-electron chi connectivity index (χ0n) is 13.5. The van der Waals surface area contributed by atoms with Crippen LogP contribution in [0.2, 0.25) is 0 Å². The van der Waals surface area contributed by atoms with E-state index in [1.807, 2.05) is 13.8 Å². The van der Waals surface area contributed by atoms with Gasteiger partial charge in [0.25, 0.3) is 0 Å². The molecule has 0 unspecified atom stereocenters. The van der Waals surface area contributed by atoms with Gasteiger partial charge in [-0.1, -0.05) is 20.3 Å². The minimum atomic E-state index is -0.883. The molecule has 0 radical (unpaired) electrons. The molecule has 0 aromatic carbocycles. The van der Waals surface area contributed by atoms with Crippen molar-refractivity contribution in [2.24, 2.45) is 0 Å². The summed E-state index contributed by atoms with van der Waals surface area (Å²) in [6.45, 7) is 4.55. The number of carbonyl (C=O) groups is 1. The lowest BCUT2D eigenvalue weighted by molar-refractivity contribution is -0.123. The lowest BCUT2D eigenvalue weighted by Crippen LogP contribution is -2.44. The van der Waals surface area contributed by atoms with Gasteiger partial charge in [0.2, 0.25) is 5.91 Å². The molecule has 7 nitrogen and oxygen atoms in total. The van der Waals surface area contributed by atoms with Gasteiger partial charge in [-0.05, 0) is 25.7 Å². The number of aryl methyl sites for hydroxylation is 1. The zero-order valence-corrected chi connectivity index (χ0v) is 13.5. The third-order valence-electron chi connectivity index (χ3n) is 4.51. The molecule has 2 heterocycles. The van der Waals surface area contributed by atoms with Gasteiger partial charge in [-0.15, -0.1) is 0 Å². The van der Waals surface area contributed by atoms with Crippen molar-refractivity contribution < 1.29 is 9.90 Å². The molecule has 0 bridgehead atoms. The summed E-state index contributed by atoms with van der Waals surface area (Å²) in [5.41, 5.74) is -1.10. The van der Waals surface area contributed by atoms with E-state index in [9.17, 15) is 14.7 Å². The van der Waals surface area contributed by atoms with E-state index in [-0.39, 0.29) is 24.7 Å². The van der Waals surface area contributed by atoms with Gasteiger partial charge in [0.05, 0.1) is 5.60 Å². The maximum atomic E-state index is 12.2. The van der Waals surface area contributed by atoms with Crippen molar-refractivity contribution >= 4 is 5.91 Å². The number of aromatic nitrogens is 3. The van der Waals surface area contributed by atoms with Crippen LogP contribution in [0, 0.1) is 0 Å². The molecule has 0 atom stereocenters. The third kappa shape index (κ3) is 3.76. The van der Waals surface area contributed by atoms with Crippen LogP contribution in [0.3, 0.4) is 0 Å². The fourth-order valence-corrected chi connectivity index (χ4v) is 2.68. The highest BCUT2D eigenvalue weighted by Gasteiger charge is 2.23. The van der Waals surface area contributed by atoms with Gasteiger partial charge in [-0.2, -0.15) is 5.10 Å². The lowest BCUT2D eigenvalue weighted by atomic mass is 9.98. The Morgan fingerprint density at radius 3 is 2.73 bits per heavy atom. The average molecular weight is 310 g/mol. The van der Waals surface area contributed by atoms with E-state index in [2.05, 4.69) is 10.4 Å². The van der Waals surface area contributed by atoms with Gasteiger partial charge in [0.15, 0.2) is 0 Å². The summed E-state index contributed by atoms with van der Waals surface area (Å²) in [6.07, 6.45) is 5.05. The summed E-state index contributed by atoms with van der Waals surface area (Å²) in [6, 6.07) is 0. The topological polar surface area (TPSA) is 89.2 Å². The van der Waals surface area contributed by atoms with Crippen molar-refractivity contribution in [2.75, 3.05) is 6.54 Å². The minimum absolute atomic E-state index is 0.0949. The Morgan fingerprint density at radius 2 is 2.05 bits per heavy atom. The summed E-state index contributed by atoms with van der Waals surface area (Å²) in [7, 11) is 0. The van der Waals surface area contributed by atoms with Crippen LogP contribution in [0.25, 0.3) is 0 Å². The smallest absolute Gasteiger partial charge is 0.346 e. The van der Waals surface area contributed by atoms with Crippen molar-refractivity contribution in [3.05, 3.63) is 16.3 Å². The number of rotatable bonds is 6. The quantitative estimate of drug-likeness (QED) is 0.798. The predicted molar refractivity (Wildman–Crippen MR) is 82.6 cm³/mol. The van der Waals surface area contributed by atoms with Crippen LogP contribution >= 0.6 is 0 Å². The molecule has 7 heteroatoms. The Labute approximate surface area is 130 Å². The Bertz CT molecular complexity index is 572. The molecule has 124 valence electrons. The number of hydrogen-bond acceptors (Lipinski definition) is 4. The molecule has 0 saturated carbocycles. The summed E-state index contributed by atoms with van der Waals surface area (Å²) in [5.74, 6) is 0.476. The molecule has 2 N–H and O–H groups in total. The number of fused-ring (bicyclic) bond motifs is 1. The van der Waals surface area contributed by atoms with Crippen molar-refractivity contribution in [3.8, 4) is 0 Å². The summed E-state index contributed by atoms with van der Waals surface area (Å²) in [4.78, 5) is 24.2. The van der Waals surface area contributed by atoms with E-state index in [0.29, 0.717) is 19.4 Å². The second-order valence-corrected chi connectivity index (χ2v) is 6.03. The van der Waals surface area contributed by atoms with Gasteiger partial charge >= 0.3 is 5.69 Å². The van der Waals surface area contributed by atoms with Gasteiger partial charge in [0, 0.05) is 19.5 Å². The first kappa shape index (κ1) is 16.7. The molecule has 0 fully saturated rings. The minimum Gasteiger partial charge on any atom is -0.388 e. The van der Waals surface area contributed by atoms with Crippen LogP contribution in [0.1, 0.15) is 51.8 Å². The lowest BCUT2D eigenvalue weighted by Gasteiger charge is -2.25. The molecule has 1 amide bonds. The highest BCUT2D eigenvalue weighted by atomic mass is 16.3. The number of carbonyl (C=O) groups excluding carboxylic acids is 1. The summed E-state index contributed by atoms with van der Waals surface area (Å²) >= 11 is 0. The van der Waals surface area contributed by atoms with Crippen molar-refractivity contribution in [1.82, 2.24) is 19.7 Å². The SMILES string of the molecule is CCC(O)(CC)CNC(=O)Cn1nc2n(c1=O)CCCCC2. The highest BCUT2D eigenvalue weighted by Crippen LogP contribution is 2.13. The van der Waals surface area contributed by atoms with Gasteiger partial charge in [-0.3, -0.25) is 9.36 Å².